The van der Waals surface area contributed by atoms with Gasteiger partial charge in [-0.25, -0.2) is 4.57 Å². The first-order chi connectivity index (χ1) is 21.5. The molecule has 0 fully saturated rings. The summed E-state index contributed by atoms with van der Waals surface area (Å²) in [6.07, 6.45) is -0.264. The van der Waals surface area contributed by atoms with Gasteiger partial charge in [-0.05, 0) is 71.1 Å². The van der Waals surface area contributed by atoms with E-state index in [9.17, 15) is 0 Å². The van der Waals surface area contributed by atoms with Crippen LogP contribution in [0, 0.1) is 19.2 Å². The van der Waals surface area contributed by atoms with E-state index < -0.39 is 18.6 Å². The Labute approximate surface area is 241 Å². The van der Waals surface area contributed by atoms with Gasteiger partial charge in [0.25, 0.3) is 0 Å². The Morgan fingerprint density at radius 3 is 2.31 bits per heavy atom. The van der Waals surface area contributed by atoms with Crippen LogP contribution in [0.15, 0.2) is 102 Å². The maximum Gasteiger partial charge on any atom is 0.216 e. The van der Waals surface area contributed by atoms with E-state index >= 15 is 0 Å². The van der Waals surface area contributed by atoms with Gasteiger partial charge in [-0.2, -0.15) is 0 Å². The van der Waals surface area contributed by atoms with Crippen LogP contribution in [0.2, 0.25) is 0 Å². The number of fused-ring (bicyclic) bond motifs is 3. The number of aromatic nitrogens is 1. The first-order valence-corrected chi connectivity index (χ1v) is 13.2. The maximum absolute atomic E-state index is 8.95. The van der Waals surface area contributed by atoms with E-state index in [0.29, 0.717) is 11.3 Å². The standard InChI is InChI=1S/C37H36NO/c1-24-12-18-31-30-19-17-29(27-10-8-7-9-11-27)20-34(30)39-36(31)35(24)33-21-32(25(2)23-38(33)6)28-15-13-26(14-16-28)22-37(3,4)5/h7-21,23H,22H2,1-6H3/q+1/i2D3,15D,16D,22D2. The van der Waals surface area contributed by atoms with E-state index in [-0.39, 0.29) is 34.3 Å². The molecule has 0 aliphatic heterocycles. The van der Waals surface area contributed by atoms with E-state index in [0.717, 1.165) is 38.6 Å². The van der Waals surface area contributed by atoms with Gasteiger partial charge in [0, 0.05) is 29.3 Å². The largest absolute Gasteiger partial charge is 0.455 e. The summed E-state index contributed by atoms with van der Waals surface area (Å²) in [5, 5.41) is 1.89. The van der Waals surface area contributed by atoms with Crippen LogP contribution in [0.4, 0.5) is 0 Å². The zero-order valence-corrected chi connectivity index (χ0v) is 22.9. The summed E-state index contributed by atoms with van der Waals surface area (Å²) >= 11 is 0. The van der Waals surface area contributed by atoms with Crippen LogP contribution in [0.25, 0.3) is 55.4 Å². The molecule has 4 aromatic carbocycles. The number of pyridine rings is 1. The van der Waals surface area contributed by atoms with E-state index in [1.165, 1.54) is 12.1 Å². The molecule has 0 amide bonds. The molecule has 2 heteroatoms. The van der Waals surface area contributed by atoms with E-state index in [1.54, 1.807) is 44.6 Å². The second-order valence-electron chi connectivity index (χ2n) is 11.2. The van der Waals surface area contributed by atoms with Crippen molar-refractivity contribution in [2.24, 2.45) is 12.5 Å². The molecule has 0 saturated carbocycles. The highest BCUT2D eigenvalue weighted by molar-refractivity contribution is 6.10. The third-order valence-corrected chi connectivity index (χ3v) is 7.02. The number of furan rings is 1. The van der Waals surface area contributed by atoms with Crippen LogP contribution >= 0.6 is 0 Å². The Morgan fingerprint density at radius 1 is 0.846 bits per heavy atom. The SMILES string of the molecule is [2H]c1cc(C([2H])([2H])C(C)(C)C)cc([2H])c1-c1cc(-c2c(C)ccc3c2oc2cc(-c4ccccc4)ccc23)[n+](C)cc1C([2H])([2H])[2H]. The highest BCUT2D eigenvalue weighted by Gasteiger charge is 2.23. The van der Waals surface area contributed by atoms with Gasteiger partial charge in [0.05, 0.1) is 8.30 Å². The van der Waals surface area contributed by atoms with E-state index in [2.05, 4.69) is 24.3 Å². The summed E-state index contributed by atoms with van der Waals surface area (Å²) in [7, 11) is 1.78. The van der Waals surface area contributed by atoms with Crippen LogP contribution < -0.4 is 4.57 Å². The normalized spacial score (nSPS) is 15.3. The van der Waals surface area contributed by atoms with Crippen molar-refractivity contribution in [3.05, 3.63) is 114 Å². The number of hydrogen-bond acceptors (Lipinski definition) is 1. The topological polar surface area (TPSA) is 17.0 Å². The van der Waals surface area contributed by atoms with Gasteiger partial charge in [0.15, 0.2) is 6.20 Å². The number of benzene rings is 4. The molecule has 0 unspecified atom stereocenters. The fourth-order valence-corrected chi connectivity index (χ4v) is 5.22. The highest BCUT2D eigenvalue weighted by Crippen LogP contribution is 2.39. The second kappa shape index (κ2) is 9.54. The van der Waals surface area contributed by atoms with Gasteiger partial charge in [-0.3, -0.25) is 0 Å². The Morgan fingerprint density at radius 2 is 1.59 bits per heavy atom. The molecule has 194 valence electrons. The lowest BCUT2D eigenvalue weighted by atomic mass is 9.87. The van der Waals surface area contributed by atoms with Crippen molar-refractivity contribution in [2.75, 3.05) is 0 Å². The first kappa shape index (κ1) is 18.2. The lowest BCUT2D eigenvalue weighted by Crippen LogP contribution is -2.31. The third-order valence-electron chi connectivity index (χ3n) is 7.02. The molecule has 0 bridgehead atoms. The highest BCUT2D eigenvalue weighted by atomic mass is 16.3. The minimum absolute atomic E-state index is 0.00858. The predicted molar refractivity (Wildman–Crippen MR) is 164 cm³/mol. The van der Waals surface area contributed by atoms with E-state index in [1.807, 2.05) is 43.3 Å². The summed E-state index contributed by atoms with van der Waals surface area (Å²) in [6.45, 7) is 4.76. The van der Waals surface area contributed by atoms with Gasteiger partial charge in [0.1, 0.15) is 18.2 Å². The van der Waals surface area contributed by atoms with Gasteiger partial charge < -0.3 is 4.42 Å². The Bertz CT molecular complexity index is 2120. The van der Waals surface area contributed by atoms with Gasteiger partial charge in [0.2, 0.25) is 5.69 Å². The van der Waals surface area contributed by atoms with Gasteiger partial charge in [-0.1, -0.05) is 93.5 Å². The molecule has 2 nitrogen and oxygen atoms in total. The first-order valence-electron chi connectivity index (χ1n) is 16.7. The molecule has 0 spiro atoms. The molecule has 39 heavy (non-hydrogen) atoms. The molecular weight excluding hydrogens is 474 g/mol. The molecule has 0 N–H and O–H groups in total. The van der Waals surface area contributed by atoms with Crippen molar-refractivity contribution >= 4 is 21.9 Å². The van der Waals surface area contributed by atoms with Crippen LogP contribution in [0.1, 0.15) is 47.1 Å². The van der Waals surface area contributed by atoms with E-state index in [4.69, 9.17) is 14.0 Å². The fraction of sp³-hybridized carbons (Fsp3) is 0.216. The summed E-state index contributed by atoms with van der Waals surface area (Å²) in [4.78, 5) is 0. The summed E-state index contributed by atoms with van der Waals surface area (Å²) < 4.78 is 68.7. The van der Waals surface area contributed by atoms with Crippen molar-refractivity contribution in [1.82, 2.24) is 0 Å². The number of nitrogens with zero attached hydrogens (tertiary/aromatic N) is 1. The molecule has 2 aromatic heterocycles. The Balaban J connectivity index is 1.60. The summed E-state index contributed by atoms with van der Waals surface area (Å²) in [5.74, 6) is 0. The molecule has 0 aliphatic rings. The zero-order valence-electron chi connectivity index (χ0n) is 29.9. The molecule has 0 saturated heterocycles. The lowest BCUT2D eigenvalue weighted by Gasteiger charge is -2.18. The van der Waals surface area contributed by atoms with Crippen molar-refractivity contribution in [2.45, 2.75) is 40.9 Å². The van der Waals surface area contributed by atoms with Crippen molar-refractivity contribution < 1.29 is 18.6 Å². The quantitative estimate of drug-likeness (QED) is 0.213. The minimum atomic E-state index is -2.53. The Kier molecular flexibility index (Phi) is 4.45. The number of rotatable bonds is 4. The minimum Gasteiger partial charge on any atom is -0.455 e. The average molecular weight is 518 g/mol. The smallest absolute Gasteiger partial charge is 0.216 e. The second-order valence-corrected chi connectivity index (χ2v) is 11.2. The zero-order chi connectivity index (χ0) is 33.3. The number of hydrogen-bond donors (Lipinski definition) is 0. The summed E-state index contributed by atoms with van der Waals surface area (Å²) in [5.41, 5.74) is 5.71. The predicted octanol–water partition coefficient (Wildman–Crippen LogP) is 9.62. The lowest BCUT2D eigenvalue weighted by molar-refractivity contribution is -0.660. The van der Waals surface area contributed by atoms with Crippen molar-refractivity contribution in [1.29, 1.82) is 0 Å². The molecule has 6 aromatic rings. The molecule has 0 aliphatic carbocycles. The monoisotopic (exact) mass is 517 g/mol. The van der Waals surface area contributed by atoms with Gasteiger partial charge in [-0.15, -0.1) is 0 Å². The average Bonchev–Trinajstić information content (AvgIpc) is 3.34. The van der Waals surface area contributed by atoms with Crippen molar-refractivity contribution in [3.8, 4) is 33.5 Å². The molecular formula is C37H36NO+. The maximum atomic E-state index is 8.95. The number of aryl methyl sites for hydroxylation is 3. The van der Waals surface area contributed by atoms with Gasteiger partial charge >= 0.3 is 0 Å². The molecule has 0 atom stereocenters. The third kappa shape index (κ3) is 4.76. The Hall–Kier alpha value is -4.17. The molecule has 0 radical (unpaired) electrons. The van der Waals surface area contributed by atoms with Crippen molar-refractivity contribution in [3.63, 3.8) is 0 Å². The summed E-state index contributed by atoms with van der Waals surface area (Å²) in [6, 6.07) is 24.7. The van der Waals surface area contributed by atoms with Crippen LogP contribution in [0.5, 0.6) is 0 Å². The van der Waals surface area contributed by atoms with Crippen LogP contribution in [-0.4, -0.2) is 0 Å². The van der Waals surface area contributed by atoms with Crippen LogP contribution in [0.3, 0.4) is 0 Å². The fourth-order valence-electron chi connectivity index (χ4n) is 5.22. The molecule has 2 heterocycles. The van der Waals surface area contributed by atoms with Crippen LogP contribution in [-0.2, 0) is 13.4 Å². The molecule has 6 rings (SSSR count).